The minimum atomic E-state index is -0.713. The number of hydrogen-bond acceptors (Lipinski definition) is 5. The van der Waals surface area contributed by atoms with Crippen molar-refractivity contribution < 1.29 is 14.5 Å². The van der Waals surface area contributed by atoms with E-state index >= 15 is 0 Å². The fourth-order valence-electron chi connectivity index (χ4n) is 2.62. The number of aryl methyl sites for hydroxylation is 1. The summed E-state index contributed by atoms with van der Waals surface area (Å²) in [5.41, 5.74) is 2.16. The van der Waals surface area contributed by atoms with Crippen molar-refractivity contribution in [2.75, 3.05) is 16.0 Å². The first-order valence-electron chi connectivity index (χ1n) is 7.65. The minimum absolute atomic E-state index is 0.0692. The highest BCUT2D eigenvalue weighted by Crippen LogP contribution is 2.27. The van der Waals surface area contributed by atoms with E-state index in [1.165, 1.54) is 6.07 Å². The van der Waals surface area contributed by atoms with Gasteiger partial charge in [-0.15, -0.1) is 0 Å². The van der Waals surface area contributed by atoms with Gasteiger partial charge in [-0.3, -0.25) is 19.7 Å². The summed E-state index contributed by atoms with van der Waals surface area (Å²) in [5.74, 6) is -0.714. The normalized spacial score (nSPS) is 15.6. The molecule has 2 aromatic rings. The largest absolute Gasteiger partial charge is 0.372 e. The number of hydrogen-bond donors (Lipinski definition) is 3. The molecule has 8 nitrogen and oxygen atoms in total. The van der Waals surface area contributed by atoms with Crippen molar-refractivity contribution in [1.29, 1.82) is 0 Å². The summed E-state index contributed by atoms with van der Waals surface area (Å²) < 4.78 is 0. The van der Waals surface area contributed by atoms with E-state index in [1.807, 2.05) is 12.1 Å². The number of rotatable bonds is 4. The van der Waals surface area contributed by atoms with Crippen LogP contribution in [-0.4, -0.2) is 22.8 Å². The second-order valence-corrected chi connectivity index (χ2v) is 5.74. The van der Waals surface area contributed by atoms with Gasteiger partial charge in [0.2, 0.25) is 11.8 Å². The number of para-hydroxylation sites is 2. The Morgan fingerprint density at radius 2 is 1.96 bits per heavy atom. The lowest BCUT2D eigenvalue weighted by molar-refractivity contribution is -0.385. The maximum Gasteiger partial charge on any atom is 0.274 e. The Hall–Kier alpha value is -3.42. The van der Waals surface area contributed by atoms with Crippen LogP contribution in [0.4, 0.5) is 22.7 Å². The maximum absolute atomic E-state index is 12.2. The van der Waals surface area contributed by atoms with Gasteiger partial charge in [0.25, 0.3) is 5.69 Å². The fourth-order valence-corrected chi connectivity index (χ4v) is 2.62. The molecule has 0 unspecified atom stereocenters. The van der Waals surface area contributed by atoms with Crippen LogP contribution in [0.2, 0.25) is 0 Å². The van der Waals surface area contributed by atoms with Crippen molar-refractivity contribution >= 4 is 34.6 Å². The average Bonchev–Trinajstić information content (AvgIpc) is 2.57. The second-order valence-electron chi connectivity index (χ2n) is 5.74. The molecule has 128 valence electrons. The Balaban J connectivity index is 1.68. The molecule has 2 aromatic carbocycles. The minimum Gasteiger partial charge on any atom is -0.372 e. The molecule has 1 heterocycles. The Morgan fingerprint density at radius 3 is 2.68 bits per heavy atom. The molecule has 0 bridgehead atoms. The summed E-state index contributed by atoms with van der Waals surface area (Å²) in [5, 5.41) is 19.3. The monoisotopic (exact) mass is 340 g/mol. The first kappa shape index (κ1) is 16.4. The zero-order valence-corrected chi connectivity index (χ0v) is 13.4. The van der Waals surface area contributed by atoms with Crippen LogP contribution in [-0.2, 0) is 9.59 Å². The van der Waals surface area contributed by atoms with Crippen LogP contribution in [0.25, 0.3) is 0 Å². The van der Waals surface area contributed by atoms with Crippen LogP contribution < -0.4 is 16.0 Å². The highest BCUT2D eigenvalue weighted by molar-refractivity contribution is 6.06. The number of fused-ring (bicyclic) bond motifs is 1. The molecule has 0 fully saturated rings. The van der Waals surface area contributed by atoms with Crippen LogP contribution in [0.5, 0.6) is 0 Å². The number of nitrogens with one attached hydrogen (secondary N) is 3. The topological polar surface area (TPSA) is 113 Å². The average molecular weight is 340 g/mol. The van der Waals surface area contributed by atoms with Gasteiger partial charge in [-0.1, -0.05) is 18.2 Å². The number of nitro benzene ring substituents is 1. The first-order chi connectivity index (χ1) is 11.9. The molecule has 3 rings (SSSR count). The first-order valence-corrected chi connectivity index (χ1v) is 7.65. The lowest BCUT2D eigenvalue weighted by atomic mass is 10.1. The zero-order valence-electron chi connectivity index (χ0n) is 13.4. The van der Waals surface area contributed by atoms with Crippen molar-refractivity contribution in [3.05, 3.63) is 58.1 Å². The van der Waals surface area contributed by atoms with Gasteiger partial charge < -0.3 is 16.0 Å². The number of carbonyl (C=O) groups excluding carboxylic acids is 2. The van der Waals surface area contributed by atoms with Gasteiger partial charge in [0, 0.05) is 17.3 Å². The van der Waals surface area contributed by atoms with E-state index in [0.717, 1.165) is 5.69 Å². The van der Waals surface area contributed by atoms with E-state index in [2.05, 4.69) is 16.0 Å². The molecular formula is C17H16N4O4. The van der Waals surface area contributed by atoms with Crippen molar-refractivity contribution in [2.24, 2.45) is 0 Å². The van der Waals surface area contributed by atoms with Gasteiger partial charge in [-0.2, -0.15) is 0 Å². The third-order valence-electron chi connectivity index (χ3n) is 3.91. The van der Waals surface area contributed by atoms with Gasteiger partial charge in [0.15, 0.2) is 0 Å². The molecule has 0 aliphatic carbocycles. The summed E-state index contributed by atoms with van der Waals surface area (Å²) >= 11 is 0. The molecule has 0 saturated carbocycles. The Labute approximate surface area is 143 Å². The molecule has 3 N–H and O–H groups in total. The quantitative estimate of drug-likeness (QED) is 0.585. The number of anilines is 3. The molecule has 0 saturated heterocycles. The highest BCUT2D eigenvalue weighted by atomic mass is 16.6. The lowest BCUT2D eigenvalue weighted by Crippen LogP contribution is -2.41. The van der Waals surface area contributed by atoms with Crippen LogP contribution >= 0.6 is 0 Å². The summed E-state index contributed by atoms with van der Waals surface area (Å²) in [4.78, 5) is 34.8. The van der Waals surface area contributed by atoms with E-state index < -0.39 is 16.9 Å². The lowest BCUT2D eigenvalue weighted by Gasteiger charge is -2.26. The number of amides is 2. The maximum atomic E-state index is 12.2. The molecule has 1 atom stereocenters. The number of carbonyl (C=O) groups is 2. The van der Waals surface area contributed by atoms with Crippen molar-refractivity contribution in [1.82, 2.24) is 0 Å². The zero-order chi connectivity index (χ0) is 18.0. The molecule has 0 spiro atoms. The Bertz CT molecular complexity index is 865. The second kappa shape index (κ2) is 6.60. The number of nitrogens with zero attached hydrogens (tertiary/aromatic N) is 1. The molecule has 25 heavy (non-hydrogen) atoms. The summed E-state index contributed by atoms with van der Waals surface area (Å²) in [6, 6.07) is 10.9. The molecule has 1 aliphatic heterocycles. The van der Waals surface area contributed by atoms with E-state index in [0.29, 0.717) is 16.9 Å². The predicted octanol–water partition coefficient (Wildman–Crippen LogP) is 2.66. The molecular weight excluding hydrogens is 324 g/mol. The third-order valence-corrected chi connectivity index (χ3v) is 3.91. The van der Waals surface area contributed by atoms with Gasteiger partial charge in [0.1, 0.15) is 6.04 Å². The predicted molar refractivity (Wildman–Crippen MR) is 93.6 cm³/mol. The van der Waals surface area contributed by atoms with Gasteiger partial charge in [0.05, 0.1) is 22.7 Å². The standard InChI is InChI=1S/C17H16N4O4/c1-10-6-7-11(8-15(10)21(24)25)18-16(22)9-14-17(23)20-13-5-3-2-4-12(13)19-14/h2-8,14,19H,9H2,1H3,(H,18,22)(H,20,23)/t14-/m1/s1. The van der Waals surface area contributed by atoms with E-state index in [4.69, 9.17) is 0 Å². The number of benzene rings is 2. The molecule has 0 aromatic heterocycles. The SMILES string of the molecule is Cc1ccc(NC(=O)C[C@H]2Nc3ccccc3NC2=O)cc1[N+](=O)[O-]. The van der Waals surface area contributed by atoms with Crippen LogP contribution in [0.1, 0.15) is 12.0 Å². The summed E-state index contributed by atoms with van der Waals surface area (Å²) in [6.07, 6.45) is -0.0954. The van der Waals surface area contributed by atoms with Gasteiger partial charge in [-0.05, 0) is 25.1 Å². The third kappa shape index (κ3) is 3.57. The fraction of sp³-hybridized carbons (Fsp3) is 0.176. The molecule has 1 aliphatic rings. The Morgan fingerprint density at radius 1 is 1.24 bits per heavy atom. The van der Waals surface area contributed by atoms with Crippen molar-refractivity contribution in [2.45, 2.75) is 19.4 Å². The van der Waals surface area contributed by atoms with Gasteiger partial charge in [-0.25, -0.2) is 0 Å². The Kier molecular flexibility index (Phi) is 4.34. The highest BCUT2D eigenvalue weighted by Gasteiger charge is 2.27. The van der Waals surface area contributed by atoms with E-state index in [1.54, 1.807) is 31.2 Å². The summed E-state index contributed by atoms with van der Waals surface area (Å²) in [7, 11) is 0. The molecule has 8 heteroatoms. The molecule has 2 amide bonds. The number of nitro groups is 1. The molecule has 0 radical (unpaired) electrons. The van der Waals surface area contributed by atoms with Crippen molar-refractivity contribution in [3.8, 4) is 0 Å². The van der Waals surface area contributed by atoms with Crippen LogP contribution in [0.15, 0.2) is 42.5 Å². The summed E-state index contributed by atoms with van der Waals surface area (Å²) in [6.45, 7) is 1.62. The van der Waals surface area contributed by atoms with Crippen LogP contribution in [0, 0.1) is 17.0 Å². The smallest absolute Gasteiger partial charge is 0.274 e. The van der Waals surface area contributed by atoms with Crippen LogP contribution in [0.3, 0.4) is 0 Å². The van der Waals surface area contributed by atoms with Gasteiger partial charge >= 0.3 is 0 Å². The van der Waals surface area contributed by atoms with E-state index in [-0.39, 0.29) is 18.0 Å². The van der Waals surface area contributed by atoms with Crippen molar-refractivity contribution in [3.63, 3.8) is 0 Å². The van der Waals surface area contributed by atoms with E-state index in [9.17, 15) is 19.7 Å².